The first-order valence-electron chi connectivity index (χ1n) is 3.21. The van der Waals surface area contributed by atoms with Gasteiger partial charge in [0.05, 0.1) is 6.20 Å². The summed E-state index contributed by atoms with van der Waals surface area (Å²) in [5.74, 6) is 0.799. The van der Waals surface area contributed by atoms with E-state index in [1.165, 1.54) is 10.8 Å². The average Bonchev–Trinajstić information content (AvgIpc) is 2.26. The average molecular weight is 174 g/mol. The van der Waals surface area contributed by atoms with E-state index < -0.39 is 0 Å². The lowest BCUT2D eigenvalue weighted by Gasteiger charge is -1.95. The molecule has 0 unspecified atom stereocenters. The molecule has 0 aliphatic carbocycles. The first-order chi connectivity index (χ1) is 5.24. The van der Waals surface area contributed by atoms with Crippen LogP contribution in [0.15, 0.2) is 11.0 Å². The van der Waals surface area contributed by atoms with Crippen molar-refractivity contribution in [2.24, 2.45) is 0 Å². The van der Waals surface area contributed by atoms with Gasteiger partial charge in [-0.1, -0.05) is 0 Å². The molecule has 0 atom stereocenters. The Morgan fingerprint density at radius 3 is 3.00 bits per heavy atom. The zero-order chi connectivity index (χ0) is 8.27. The minimum absolute atomic E-state index is 0.0731. The van der Waals surface area contributed by atoms with E-state index in [1.54, 1.807) is 11.8 Å². The van der Waals surface area contributed by atoms with Crippen molar-refractivity contribution in [3.8, 4) is 5.88 Å². The predicted octanol–water partition coefficient (Wildman–Crippen LogP) is 0.245. The van der Waals surface area contributed by atoms with E-state index in [4.69, 9.17) is 5.11 Å². The molecule has 11 heavy (non-hydrogen) atoms. The number of thioether (sulfide) groups is 1. The van der Waals surface area contributed by atoms with E-state index in [1.807, 2.05) is 6.26 Å². The van der Waals surface area contributed by atoms with Crippen LogP contribution in [-0.4, -0.2) is 26.7 Å². The van der Waals surface area contributed by atoms with Gasteiger partial charge >= 0.3 is 5.69 Å². The zero-order valence-electron chi connectivity index (χ0n) is 6.20. The third kappa shape index (κ3) is 2.04. The van der Waals surface area contributed by atoms with Crippen molar-refractivity contribution in [1.82, 2.24) is 9.55 Å². The second-order valence-corrected chi connectivity index (χ2v) is 3.12. The van der Waals surface area contributed by atoms with E-state index >= 15 is 0 Å². The number of hydrogen-bond donors (Lipinski definition) is 2. The maximum absolute atomic E-state index is 10.9. The van der Waals surface area contributed by atoms with Crippen LogP contribution >= 0.6 is 11.8 Å². The molecule has 0 radical (unpaired) electrons. The Balaban J connectivity index is 2.70. The highest BCUT2D eigenvalue weighted by Crippen LogP contribution is 1.99. The molecule has 0 aliphatic heterocycles. The summed E-state index contributed by atoms with van der Waals surface area (Å²) in [5, 5.41) is 8.85. The van der Waals surface area contributed by atoms with Crippen LogP contribution in [-0.2, 0) is 6.54 Å². The van der Waals surface area contributed by atoms with Crippen LogP contribution in [0.2, 0.25) is 0 Å². The van der Waals surface area contributed by atoms with Crippen molar-refractivity contribution in [2.75, 3.05) is 12.0 Å². The molecule has 0 saturated carbocycles. The van der Waals surface area contributed by atoms with Gasteiger partial charge in [-0.2, -0.15) is 11.8 Å². The Morgan fingerprint density at radius 1 is 1.82 bits per heavy atom. The molecular weight excluding hydrogens is 164 g/mol. The molecule has 0 amide bonds. The third-order valence-electron chi connectivity index (χ3n) is 1.31. The normalized spacial score (nSPS) is 10.3. The molecule has 1 aromatic heterocycles. The number of aromatic nitrogens is 2. The van der Waals surface area contributed by atoms with Gasteiger partial charge in [-0.3, -0.25) is 9.55 Å². The number of aromatic hydroxyl groups is 1. The van der Waals surface area contributed by atoms with Gasteiger partial charge in [-0.15, -0.1) is 0 Å². The smallest absolute Gasteiger partial charge is 0.328 e. The molecule has 0 saturated heterocycles. The minimum Gasteiger partial charge on any atom is -0.493 e. The number of nitrogens with zero attached hydrogens (tertiary/aromatic N) is 1. The number of H-pyrrole nitrogens is 1. The Labute approximate surface area is 68.2 Å². The van der Waals surface area contributed by atoms with Crippen molar-refractivity contribution in [1.29, 1.82) is 0 Å². The Hall–Kier alpha value is -0.840. The summed E-state index contributed by atoms with van der Waals surface area (Å²) in [5.41, 5.74) is -0.253. The zero-order valence-corrected chi connectivity index (χ0v) is 7.02. The molecule has 0 bridgehead atoms. The highest BCUT2D eigenvalue weighted by Gasteiger charge is 1.98. The van der Waals surface area contributed by atoms with E-state index in [-0.39, 0.29) is 11.6 Å². The molecule has 0 fully saturated rings. The van der Waals surface area contributed by atoms with Gasteiger partial charge in [-0.05, 0) is 6.26 Å². The lowest BCUT2D eigenvalue weighted by Crippen LogP contribution is -2.16. The molecule has 0 aromatic carbocycles. The third-order valence-corrected chi connectivity index (χ3v) is 1.90. The van der Waals surface area contributed by atoms with Crippen LogP contribution in [0, 0.1) is 0 Å². The van der Waals surface area contributed by atoms with E-state index in [0.29, 0.717) is 6.54 Å². The number of nitrogens with one attached hydrogen (secondary N) is 1. The molecule has 5 heteroatoms. The van der Waals surface area contributed by atoms with Gasteiger partial charge in [0.2, 0.25) is 5.88 Å². The van der Waals surface area contributed by atoms with E-state index in [0.717, 1.165) is 5.75 Å². The van der Waals surface area contributed by atoms with Gasteiger partial charge in [0, 0.05) is 12.3 Å². The van der Waals surface area contributed by atoms with Crippen LogP contribution in [0.25, 0.3) is 0 Å². The van der Waals surface area contributed by atoms with Crippen molar-refractivity contribution in [3.05, 3.63) is 16.7 Å². The van der Waals surface area contributed by atoms with Gasteiger partial charge in [0.15, 0.2) is 0 Å². The fraction of sp³-hybridized carbons (Fsp3) is 0.500. The maximum atomic E-state index is 10.9. The molecule has 1 aromatic rings. The van der Waals surface area contributed by atoms with Crippen molar-refractivity contribution in [2.45, 2.75) is 6.54 Å². The predicted molar refractivity (Wildman–Crippen MR) is 45.1 cm³/mol. The molecule has 0 spiro atoms. The first kappa shape index (κ1) is 8.26. The first-order valence-corrected chi connectivity index (χ1v) is 4.61. The van der Waals surface area contributed by atoms with Crippen molar-refractivity contribution >= 4 is 11.8 Å². The second-order valence-electron chi connectivity index (χ2n) is 2.13. The summed E-state index contributed by atoms with van der Waals surface area (Å²) in [6.07, 6.45) is 3.37. The van der Waals surface area contributed by atoms with E-state index in [2.05, 4.69) is 4.98 Å². The Morgan fingerprint density at radius 2 is 2.55 bits per heavy atom. The summed E-state index contributed by atoms with van der Waals surface area (Å²) in [6.45, 7) is 0.636. The largest absolute Gasteiger partial charge is 0.493 e. The standard InChI is InChI=1S/C6H10N2O2S/c1-11-3-2-8-4-5(9)7-6(8)10/h4,9H,2-3H2,1H3,(H,7,10). The molecular formula is C6H10N2O2S. The molecule has 0 aliphatic rings. The monoisotopic (exact) mass is 174 g/mol. The number of rotatable bonds is 3. The number of imidazole rings is 1. The highest BCUT2D eigenvalue weighted by atomic mass is 32.2. The van der Waals surface area contributed by atoms with E-state index in [9.17, 15) is 4.79 Å². The number of aryl methyl sites for hydroxylation is 1. The maximum Gasteiger partial charge on any atom is 0.328 e. The summed E-state index contributed by atoms with van der Waals surface area (Å²) in [4.78, 5) is 13.2. The quantitative estimate of drug-likeness (QED) is 0.690. The Bertz CT molecular complexity index is 278. The summed E-state index contributed by atoms with van der Waals surface area (Å²) < 4.78 is 1.45. The van der Waals surface area contributed by atoms with Crippen LogP contribution in [0.5, 0.6) is 5.88 Å². The highest BCUT2D eigenvalue weighted by molar-refractivity contribution is 7.98. The summed E-state index contributed by atoms with van der Waals surface area (Å²) in [6, 6.07) is 0. The van der Waals surface area contributed by atoms with Gasteiger partial charge in [0.1, 0.15) is 0 Å². The minimum atomic E-state index is -0.253. The molecule has 1 rings (SSSR count). The molecule has 62 valence electrons. The molecule has 1 heterocycles. The van der Waals surface area contributed by atoms with Crippen molar-refractivity contribution in [3.63, 3.8) is 0 Å². The lowest BCUT2D eigenvalue weighted by molar-refractivity contribution is 0.455. The second kappa shape index (κ2) is 3.52. The van der Waals surface area contributed by atoms with Gasteiger partial charge in [-0.25, -0.2) is 4.79 Å². The SMILES string of the molecule is CSCCn1cc(O)[nH]c1=O. The van der Waals surface area contributed by atoms with Crippen LogP contribution in [0.3, 0.4) is 0 Å². The fourth-order valence-corrected chi connectivity index (χ4v) is 1.15. The molecule has 2 N–H and O–H groups in total. The lowest BCUT2D eigenvalue weighted by atomic mass is 10.7. The van der Waals surface area contributed by atoms with Crippen LogP contribution in [0.4, 0.5) is 0 Å². The fourth-order valence-electron chi connectivity index (χ4n) is 0.776. The number of hydrogen-bond acceptors (Lipinski definition) is 3. The van der Waals surface area contributed by atoms with Crippen LogP contribution in [0.1, 0.15) is 0 Å². The van der Waals surface area contributed by atoms with Gasteiger partial charge in [0.25, 0.3) is 0 Å². The van der Waals surface area contributed by atoms with Crippen molar-refractivity contribution < 1.29 is 5.11 Å². The van der Waals surface area contributed by atoms with Gasteiger partial charge < -0.3 is 5.11 Å². The topological polar surface area (TPSA) is 58.0 Å². The summed E-state index contributed by atoms with van der Waals surface area (Å²) in [7, 11) is 0. The Kier molecular flexibility index (Phi) is 2.64. The molecule has 4 nitrogen and oxygen atoms in total. The van der Waals surface area contributed by atoms with Crippen LogP contribution < -0.4 is 5.69 Å². The number of aromatic amines is 1. The summed E-state index contributed by atoms with van der Waals surface area (Å²) >= 11 is 1.66.